The van der Waals surface area contributed by atoms with Crippen LogP contribution in [0.2, 0.25) is 0 Å². The summed E-state index contributed by atoms with van der Waals surface area (Å²) in [4.78, 5) is 18.5. The fourth-order valence-corrected chi connectivity index (χ4v) is 3.04. The molecule has 2 N–H and O–H groups in total. The van der Waals surface area contributed by atoms with Gasteiger partial charge in [0.25, 0.3) is 0 Å². The summed E-state index contributed by atoms with van der Waals surface area (Å²) in [6.07, 6.45) is 5.19. The van der Waals surface area contributed by atoms with E-state index in [1.807, 2.05) is 24.8 Å². The Kier molecular flexibility index (Phi) is 5.67. The van der Waals surface area contributed by atoms with Crippen LogP contribution in [-0.2, 0) is 6.42 Å². The number of hydrogen-bond donors (Lipinski definition) is 2. The molecule has 25 heavy (non-hydrogen) atoms. The summed E-state index contributed by atoms with van der Waals surface area (Å²) in [6, 6.07) is 2.03. The van der Waals surface area contributed by atoms with Crippen LogP contribution in [0, 0.1) is 0 Å². The maximum atomic E-state index is 12.2. The molecule has 2 aromatic rings. The van der Waals surface area contributed by atoms with Gasteiger partial charge in [0.05, 0.1) is 0 Å². The SMILES string of the molecule is CC(C)c1noc(CCCNC(=O)N2CCC(c3ccn[nH]3)CC2)n1. The number of piperidine rings is 1. The molecule has 3 heterocycles. The molecule has 0 spiro atoms. The zero-order valence-electron chi connectivity index (χ0n) is 14.9. The summed E-state index contributed by atoms with van der Waals surface area (Å²) >= 11 is 0. The Balaban J connectivity index is 1.34. The average Bonchev–Trinajstić information content (AvgIpc) is 3.30. The van der Waals surface area contributed by atoms with Gasteiger partial charge in [-0.3, -0.25) is 5.10 Å². The molecule has 0 radical (unpaired) electrons. The molecule has 0 atom stereocenters. The van der Waals surface area contributed by atoms with Crippen LogP contribution in [0.5, 0.6) is 0 Å². The second kappa shape index (κ2) is 8.13. The van der Waals surface area contributed by atoms with E-state index in [2.05, 4.69) is 25.7 Å². The van der Waals surface area contributed by atoms with Crippen LogP contribution in [-0.4, -0.2) is 50.9 Å². The number of urea groups is 1. The molecule has 8 nitrogen and oxygen atoms in total. The highest BCUT2D eigenvalue weighted by molar-refractivity contribution is 5.74. The number of likely N-dealkylation sites (tertiary alicyclic amines) is 1. The van der Waals surface area contributed by atoms with E-state index in [1.165, 1.54) is 5.69 Å². The third-order valence-corrected chi connectivity index (χ3v) is 4.59. The number of rotatable bonds is 6. The van der Waals surface area contributed by atoms with Crippen molar-refractivity contribution in [3.63, 3.8) is 0 Å². The lowest BCUT2D eigenvalue weighted by Gasteiger charge is -2.31. The number of amides is 2. The van der Waals surface area contributed by atoms with Gasteiger partial charge in [0.15, 0.2) is 5.82 Å². The van der Waals surface area contributed by atoms with Crippen molar-refractivity contribution >= 4 is 6.03 Å². The van der Waals surface area contributed by atoms with Crippen molar-refractivity contribution in [3.8, 4) is 0 Å². The Morgan fingerprint density at radius 1 is 1.44 bits per heavy atom. The van der Waals surface area contributed by atoms with E-state index in [0.29, 0.717) is 24.8 Å². The first kappa shape index (κ1) is 17.4. The quantitative estimate of drug-likeness (QED) is 0.783. The highest BCUT2D eigenvalue weighted by Gasteiger charge is 2.24. The first-order valence-corrected chi connectivity index (χ1v) is 8.98. The summed E-state index contributed by atoms with van der Waals surface area (Å²) in [6.45, 7) is 6.22. The van der Waals surface area contributed by atoms with Crippen molar-refractivity contribution in [1.29, 1.82) is 0 Å². The van der Waals surface area contributed by atoms with Crippen LogP contribution in [0.1, 0.15) is 62.4 Å². The summed E-state index contributed by atoms with van der Waals surface area (Å²) in [5.41, 5.74) is 1.17. The van der Waals surface area contributed by atoms with Gasteiger partial charge in [-0.25, -0.2) is 4.79 Å². The van der Waals surface area contributed by atoms with E-state index in [1.54, 1.807) is 6.20 Å². The Bertz CT molecular complexity index is 658. The Hall–Kier alpha value is -2.38. The van der Waals surface area contributed by atoms with Crippen molar-refractivity contribution in [3.05, 3.63) is 29.7 Å². The van der Waals surface area contributed by atoms with E-state index >= 15 is 0 Å². The van der Waals surface area contributed by atoms with Gasteiger partial charge >= 0.3 is 6.03 Å². The maximum Gasteiger partial charge on any atom is 0.317 e. The molecule has 1 aliphatic rings. The number of aryl methyl sites for hydroxylation is 1. The lowest BCUT2D eigenvalue weighted by atomic mass is 9.94. The number of carbonyl (C=O) groups is 1. The average molecular weight is 346 g/mol. The lowest BCUT2D eigenvalue weighted by Crippen LogP contribution is -2.44. The summed E-state index contributed by atoms with van der Waals surface area (Å²) in [5, 5.41) is 14.0. The molecule has 3 rings (SSSR count). The molecule has 0 aliphatic carbocycles. The number of aromatic nitrogens is 4. The number of aromatic amines is 1. The van der Waals surface area contributed by atoms with E-state index < -0.39 is 0 Å². The standard InChI is InChI=1S/C17H26N6O2/c1-12(2)16-20-15(25-22-16)4-3-8-18-17(24)23-10-6-13(7-11-23)14-5-9-19-21-14/h5,9,12-13H,3-4,6-8,10-11H2,1-2H3,(H,18,24)(H,19,21). The number of H-pyrrole nitrogens is 1. The van der Waals surface area contributed by atoms with Crippen molar-refractivity contribution in [2.45, 2.75) is 51.4 Å². The van der Waals surface area contributed by atoms with Gasteiger partial charge in [-0.15, -0.1) is 0 Å². The molecule has 1 fully saturated rings. The zero-order chi connectivity index (χ0) is 17.6. The van der Waals surface area contributed by atoms with Gasteiger partial charge in [0.1, 0.15) is 0 Å². The molecule has 1 saturated heterocycles. The second-order valence-corrected chi connectivity index (χ2v) is 6.81. The van der Waals surface area contributed by atoms with E-state index in [0.717, 1.165) is 38.2 Å². The highest BCUT2D eigenvalue weighted by atomic mass is 16.5. The van der Waals surface area contributed by atoms with Crippen LogP contribution < -0.4 is 5.32 Å². The van der Waals surface area contributed by atoms with Gasteiger partial charge in [-0.1, -0.05) is 19.0 Å². The summed E-state index contributed by atoms with van der Waals surface area (Å²) in [5.74, 6) is 2.11. The number of nitrogens with one attached hydrogen (secondary N) is 2. The highest BCUT2D eigenvalue weighted by Crippen LogP contribution is 2.26. The Morgan fingerprint density at radius 3 is 2.88 bits per heavy atom. The van der Waals surface area contributed by atoms with Crippen molar-refractivity contribution in [2.75, 3.05) is 19.6 Å². The van der Waals surface area contributed by atoms with Gasteiger partial charge < -0.3 is 14.7 Å². The first-order chi connectivity index (χ1) is 12.1. The van der Waals surface area contributed by atoms with Crippen LogP contribution in [0.4, 0.5) is 4.79 Å². The number of carbonyl (C=O) groups excluding carboxylic acids is 1. The lowest BCUT2D eigenvalue weighted by molar-refractivity contribution is 0.180. The van der Waals surface area contributed by atoms with Crippen LogP contribution in [0.15, 0.2) is 16.8 Å². The predicted molar refractivity (Wildman–Crippen MR) is 92.2 cm³/mol. The molecule has 1 aliphatic heterocycles. The largest absolute Gasteiger partial charge is 0.339 e. The van der Waals surface area contributed by atoms with E-state index in [4.69, 9.17) is 4.52 Å². The number of nitrogens with zero attached hydrogens (tertiary/aromatic N) is 4. The summed E-state index contributed by atoms with van der Waals surface area (Å²) < 4.78 is 5.20. The minimum absolute atomic E-state index is 0.0106. The molecule has 0 bridgehead atoms. The maximum absolute atomic E-state index is 12.2. The zero-order valence-corrected chi connectivity index (χ0v) is 14.9. The molecule has 0 saturated carbocycles. The van der Waals surface area contributed by atoms with Crippen LogP contribution in [0.25, 0.3) is 0 Å². The fourth-order valence-electron chi connectivity index (χ4n) is 3.04. The minimum atomic E-state index is 0.0106. The van der Waals surface area contributed by atoms with Crippen molar-refractivity contribution in [1.82, 2.24) is 30.6 Å². The molecule has 2 aromatic heterocycles. The monoisotopic (exact) mass is 346 g/mol. The normalized spacial score (nSPS) is 15.7. The van der Waals surface area contributed by atoms with Gasteiger partial charge in [-0.2, -0.15) is 10.1 Å². The smallest absolute Gasteiger partial charge is 0.317 e. The van der Waals surface area contributed by atoms with E-state index in [-0.39, 0.29) is 11.9 Å². The molecule has 2 amide bonds. The molecule has 136 valence electrons. The summed E-state index contributed by atoms with van der Waals surface area (Å²) in [7, 11) is 0. The molecular formula is C17H26N6O2. The Morgan fingerprint density at radius 2 is 2.24 bits per heavy atom. The molecule has 8 heteroatoms. The minimum Gasteiger partial charge on any atom is -0.339 e. The third-order valence-electron chi connectivity index (χ3n) is 4.59. The fraction of sp³-hybridized carbons (Fsp3) is 0.647. The first-order valence-electron chi connectivity index (χ1n) is 8.98. The molecule has 0 unspecified atom stereocenters. The Labute approximate surface area is 147 Å². The van der Waals surface area contributed by atoms with Gasteiger partial charge in [0, 0.05) is 49.8 Å². The molecule has 0 aromatic carbocycles. The van der Waals surface area contributed by atoms with E-state index in [9.17, 15) is 4.79 Å². The van der Waals surface area contributed by atoms with Crippen molar-refractivity contribution < 1.29 is 9.32 Å². The van der Waals surface area contributed by atoms with Crippen LogP contribution in [0.3, 0.4) is 0 Å². The third kappa shape index (κ3) is 4.58. The molecular weight excluding hydrogens is 320 g/mol. The second-order valence-electron chi connectivity index (χ2n) is 6.81. The predicted octanol–water partition coefficient (Wildman–Crippen LogP) is 2.44. The van der Waals surface area contributed by atoms with Gasteiger partial charge in [0.2, 0.25) is 5.89 Å². The van der Waals surface area contributed by atoms with Gasteiger partial charge in [-0.05, 0) is 25.3 Å². The topological polar surface area (TPSA) is 99.9 Å². The number of hydrogen-bond acceptors (Lipinski definition) is 5. The van der Waals surface area contributed by atoms with Crippen LogP contribution >= 0.6 is 0 Å². The van der Waals surface area contributed by atoms with Crippen molar-refractivity contribution in [2.24, 2.45) is 0 Å².